The topological polar surface area (TPSA) is 43.4 Å². The Balaban J connectivity index is 1.72. The molecule has 0 aromatic rings. The van der Waals surface area contributed by atoms with Crippen molar-refractivity contribution in [2.24, 2.45) is 28.6 Å². The van der Waals surface area contributed by atoms with Crippen LogP contribution < -0.4 is 0 Å². The van der Waals surface area contributed by atoms with Crippen molar-refractivity contribution in [3.8, 4) is 0 Å². The third-order valence-electron chi connectivity index (χ3n) is 8.27. The van der Waals surface area contributed by atoms with Crippen LogP contribution in [0, 0.1) is 28.6 Å². The van der Waals surface area contributed by atoms with Crippen molar-refractivity contribution in [1.29, 1.82) is 0 Å². The molecular formula is C22H30O3. The molecular weight excluding hydrogens is 312 g/mol. The summed E-state index contributed by atoms with van der Waals surface area (Å²) < 4.78 is 5.48. The fraction of sp³-hybridized carbons (Fsp3) is 0.727. The molecule has 0 amide bonds. The predicted octanol–water partition coefficient (Wildman–Crippen LogP) is 4.62. The summed E-state index contributed by atoms with van der Waals surface area (Å²) in [5.41, 5.74) is 2.50. The summed E-state index contributed by atoms with van der Waals surface area (Å²) in [5, 5.41) is 0. The highest BCUT2D eigenvalue weighted by atomic mass is 16.5. The van der Waals surface area contributed by atoms with E-state index in [0.717, 1.165) is 43.4 Å². The molecule has 3 saturated carbocycles. The Morgan fingerprint density at radius 1 is 1.08 bits per heavy atom. The lowest BCUT2D eigenvalue weighted by Crippen LogP contribution is -2.49. The van der Waals surface area contributed by atoms with Gasteiger partial charge in [-0.25, -0.2) is 0 Å². The van der Waals surface area contributed by atoms with Gasteiger partial charge in [0.15, 0.2) is 11.6 Å². The van der Waals surface area contributed by atoms with Gasteiger partial charge in [0.05, 0.1) is 12.9 Å². The number of carbonyl (C=O) groups excluding carboxylic acids is 2. The standard InChI is InChI=1S/C22H30O3/c1-13(25-4)20-19(24)12-18-16-6-5-14-11-15(23)7-9-21(14,2)17(16)8-10-22(18,20)3/h11,16-18H,5-10,12H2,1-4H3. The quantitative estimate of drug-likeness (QED) is 0.516. The van der Waals surface area contributed by atoms with Crippen LogP contribution >= 0.6 is 0 Å². The number of rotatable bonds is 1. The van der Waals surface area contributed by atoms with Crippen LogP contribution in [0.15, 0.2) is 23.0 Å². The Labute approximate surface area is 150 Å². The highest BCUT2D eigenvalue weighted by Gasteiger charge is 2.60. The number of methoxy groups -OCH3 is 1. The highest BCUT2D eigenvalue weighted by Crippen LogP contribution is 2.66. The average Bonchev–Trinajstić information content (AvgIpc) is 2.85. The minimum absolute atomic E-state index is 0.0274. The van der Waals surface area contributed by atoms with E-state index in [9.17, 15) is 9.59 Å². The minimum Gasteiger partial charge on any atom is -0.501 e. The van der Waals surface area contributed by atoms with E-state index in [1.54, 1.807) is 7.11 Å². The number of hydrogen-bond donors (Lipinski definition) is 0. The first-order chi connectivity index (χ1) is 11.8. The first kappa shape index (κ1) is 17.1. The lowest BCUT2D eigenvalue weighted by molar-refractivity contribution is -0.117. The Morgan fingerprint density at radius 3 is 2.56 bits per heavy atom. The van der Waals surface area contributed by atoms with Crippen molar-refractivity contribution in [2.75, 3.05) is 7.11 Å². The van der Waals surface area contributed by atoms with Gasteiger partial charge in [0.1, 0.15) is 0 Å². The minimum atomic E-state index is -0.0274. The van der Waals surface area contributed by atoms with Gasteiger partial charge in [0.25, 0.3) is 0 Å². The van der Waals surface area contributed by atoms with Gasteiger partial charge in [-0.3, -0.25) is 9.59 Å². The Morgan fingerprint density at radius 2 is 1.84 bits per heavy atom. The lowest BCUT2D eigenvalue weighted by Gasteiger charge is -2.57. The molecule has 0 aromatic carbocycles. The fourth-order valence-corrected chi connectivity index (χ4v) is 6.89. The van der Waals surface area contributed by atoms with Crippen LogP contribution in [-0.2, 0) is 14.3 Å². The number of carbonyl (C=O) groups is 2. The molecule has 5 atom stereocenters. The molecule has 136 valence electrons. The summed E-state index contributed by atoms with van der Waals surface area (Å²) in [7, 11) is 1.68. The van der Waals surface area contributed by atoms with Gasteiger partial charge in [-0.05, 0) is 68.3 Å². The maximum Gasteiger partial charge on any atom is 0.163 e. The van der Waals surface area contributed by atoms with E-state index in [0.29, 0.717) is 42.2 Å². The molecule has 3 fully saturated rings. The Hall–Kier alpha value is -1.38. The van der Waals surface area contributed by atoms with Gasteiger partial charge in [0, 0.05) is 23.8 Å². The summed E-state index contributed by atoms with van der Waals surface area (Å²) in [6, 6.07) is 0. The Kier molecular flexibility index (Phi) is 3.79. The van der Waals surface area contributed by atoms with Crippen LogP contribution in [0.2, 0.25) is 0 Å². The largest absolute Gasteiger partial charge is 0.501 e. The van der Waals surface area contributed by atoms with Gasteiger partial charge in [-0.1, -0.05) is 19.4 Å². The van der Waals surface area contributed by atoms with Crippen molar-refractivity contribution in [3.05, 3.63) is 23.0 Å². The SMILES string of the molecule is COC(C)=C1C(=O)CC2C3CCC4=CC(=O)CCC4(C)C3CCC12C. The number of Topliss-reactive ketones (excluding diaryl/α,β-unsaturated/α-hetero) is 1. The number of allylic oxidation sites excluding steroid dienone is 3. The molecule has 3 heteroatoms. The average molecular weight is 342 g/mol. The molecule has 0 N–H and O–H groups in total. The monoisotopic (exact) mass is 342 g/mol. The van der Waals surface area contributed by atoms with Crippen LogP contribution in [0.3, 0.4) is 0 Å². The van der Waals surface area contributed by atoms with Crippen molar-refractivity contribution in [1.82, 2.24) is 0 Å². The molecule has 0 spiro atoms. The number of hydrogen-bond acceptors (Lipinski definition) is 3. The van der Waals surface area contributed by atoms with E-state index in [2.05, 4.69) is 13.8 Å². The van der Waals surface area contributed by atoms with Gasteiger partial charge >= 0.3 is 0 Å². The van der Waals surface area contributed by atoms with Crippen LogP contribution in [0.5, 0.6) is 0 Å². The maximum absolute atomic E-state index is 12.8. The molecule has 25 heavy (non-hydrogen) atoms. The summed E-state index contributed by atoms with van der Waals surface area (Å²) in [6.45, 7) is 6.64. The third kappa shape index (κ3) is 2.23. The molecule has 0 saturated heterocycles. The van der Waals surface area contributed by atoms with Crippen LogP contribution in [0.1, 0.15) is 65.7 Å². The second-order valence-corrected chi connectivity index (χ2v) is 9.19. The molecule has 0 heterocycles. The zero-order valence-electron chi connectivity index (χ0n) is 16.0. The van der Waals surface area contributed by atoms with E-state index >= 15 is 0 Å². The van der Waals surface area contributed by atoms with Gasteiger partial charge in [0.2, 0.25) is 0 Å². The fourth-order valence-electron chi connectivity index (χ4n) is 6.89. The normalized spacial score (nSPS) is 45.3. The van der Waals surface area contributed by atoms with Crippen LogP contribution in [0.4, 0.5) is 0 Å². The molecule has 4 aliphatic carbocycles. The van der Waals surface area contributed by atoms with Gasteiger partial charge in [-0.2, -0.15) is 0 Å². The highest BCUT2D eigenvalue weighted by molar-refractivity contribution is 6.00. The second kappa shape index (κ2) is 5.56. The molecule has 0 aromatic heterocycles. The molecule has 4 aliphatic rings. The van der Waals surface area contributed by atoms with Crippen molar-refractivity contribution >= 4 is 11.6 Å². The predicted molar refractivity (Wildman–Crippen MR) is 96.8 cm³/mol. The molecule has 0 radical (unpaired) electrons. The van der Waals surface area contributed by atoms with Crippen molar-refractivity contribution < 1.29 is 14.3 Å². The lowest BCUT2D eigenvalue weighted by atomic mass is 9.47. The molecule has 5 unspecified atom stereocenters. The smallest absolute Gasteiger partial charge is 0.163 e. The van der Waals surface area contributed by atoms with E-state index in [4.69, 9.17) is 4.74 Å². The van der Waals surface area contributed by atoms with Crippen LogP contribution in [0.25, 0.3) is 0 Å². The maximum atomic E-state index is 12.8. The van der Waals surface area contributed by atoms with E-state index in [1.165, 1.54) is 5.57 Å². The third-order valence-corrected chi connectivity index (χ3v) is 8.27. The van der Waals surface area contributed by atoms with Gasteiger partial charge < -0.3 is 4.74 Å². The number of fused-ring (bicyclic) bond motifs is 5. The number of ether oxygens (including phenoxy) is 1. The summed E-state index contributed by atoms with van der Waals surface area (Å²) >= 11 is 0. The number of ketones is 2. The molecule has 3 nitrogen and oxygen atoms in total. The first-order valence-electron chi connectivity index (χ1n) is 9.83. The van der Waals surface area contributed by atoms with E-state index in [1.807, 2.05) is 13.0 Å². The van der Waals surface area contributed by atoms with Gasteiger partial charge in [-0.15, -0.1) is 0 Å². The Bertz CT molecular complexity index is 700. The van der Waals surface area contributed by atoms with E-state index < -0.39 is 0 Å². The molecule has 0 bridgehead atoms. The van der Waals surface area contributed by atoms with Crippen molar-refractivity contribution in [3.63, 3.8) is 0 Å². The van der Waals surface area contributed by atoms with Crippen molar-refractivity contribution in [2.45, 2.75) is 65.7 Å². The second-order valence-electron chi connectivity index (χ2n) is 9.19. The molecule has 0 aliphatic heterocycles. The van der Waals surface area contributed by atoms with Crippen LogP contribution in [-0.4, -0.2) is 18.7 Å². The summed E-state index contributed by atoms with van der Waals surface area (Å²) in [4.78, 5) is 24.7. The zero-order chi connectivity index (χ0) is 18.0. The summed E-state index contributed by atoms with van der Waals surface area (Å²) in [5.74, 6) is 3.09. The molecule has 4 rings (SSSR count). The zero-order valence-corrected chi connectivity index (χ0v) is 16.0. The summed E-state index contributed by atoms with van der Waals surface area (Å²) in [6.07, 6.45) is 8.72. The van der Waals surface area contributed by atoms with E-state index in [-0.39, 0.29) is 10.8 Å². The first-order valence-corrected chi connectivity index (χ1v) is 9.83.